The van der Waals surface area contributed by atoms with Crippen LogP contribution in [0.25, 0.3) is 0 Å². The third-order valence-electron chi connectivity index (χ3n) is 1.86. The van der Waals surface area contributed by atoms with E-state index in [1.165, 1.54) is 17.7 Å². The van der Waals surface area contributed by atoms with Gasteiger partial charge in [-0.15, -0.1) is 0 Å². The maximum absolute atomic E-state index is 5.20. The lowest BCUT2D eigenvalue weighted by molar-refractivity contribution is 0.367. The molecule has 1 heterocycles. The van der Waals surface area contributed by atoms with Crippen molar-refractivity contribution in [3.63, 3.8) is 0 Å². The second-order valence-electron chi connectivity index (χ2n) is 2.67. The Morgan fingerprint density at radius 1 is 1.25 bits per heavy atom. The lowest BCUT2D eigenvalue weighted by atomic mass is 10.3. The highest BCUT2D eigenvalue weighted by molar-refractivity contribution is 7.94. The van der Waals surface area contributed by atoms with Gasteiger partial charge < -0.3 is 9.08 Å². The van der Waals surface area contributed by atoms with Crippen molar-refractivity contribution in [3.8, 4) is 0 Å². The number of benzene rings is 1. The molecule has 1 aromatic carbocycles. The van der Waals surface area contributed by atoms with Crippen LogP contribution in [0.3, 0.4) is 0 Å². The maximum atomic E-state index is 5.20. The van der Waals surface area contributed by atoms with Gasteiger partial charge in [0.05, 0.1) is 12.5 Å². The van der Waals surface area contributed by atoms with Crippen LogP contribution in [0, 0.1) is 0 Å². The lowest BCUT2D eigenvalue weighted by Gasteiger charge is -2.27. The molecule has 0 N–H and O–H groups in total. The molecule has 0 unspecified atom stereocenters. The summed E-state index contributed by atoms with van der Waals surface area (Å²) in [4.78, 5) is 2.31. The van der Waals surface area contributed by atoms with E-state index in [2.05, 4.69) is 29.2 Å². The zero-order valence-electron chi connectivity index (χ0n) is 6.77. The first kappa shape index (κ1) is 7.95. The molecule has 0 aromatic heterocycles. The molecule has 2 nitrogen and oxygen atoms in total. The SMILES string of the molecule is c1ccc(N2CCOSC2)cc1. The normalized spacial score (nSPS) is 17.8. The Morgan fingerprint density at radius 2 is 2.08 bits per heavy atom. The van der Waals surface area contributed by atoms with E-state index in [1.54, 1.807) is 0 Å². The molecule has 1 aliphatic heterocycles. The minimum atomic E-state index is 0.819. The largest absolute Gasteiger partial charge is 0.358 e. The molecule has 0 aliphatic carbocycles. The van der Waals surface area contributed by atoms with Gasteiger partial charge in [-0.1, -0.05) is 18.2 Å². The summed E-state index contributed by atoms with van der Waals surface area (Å²) < 4.78 is 5.20. The summed E-state index contributed by atoms with van der Waals surface area (Å²) in [5.74, 6) is 0.935. The second-order valence-corrected chi connectivity index (χ2v) is 3.40. The van der Waals surface area contributed by atoms with Crippen molar-refractivity contribution in [1.29, 1.82) is 0 Å². The van der Waals surface area contributed by atoms with Gasteiger partial charge in [-0.25, -0.2) is 0 Å². The minimum absolute atomic E-state index is 0.819. The average Bonchev–Trinajstić information content (AvgIpc) is 2.21. The fourth-order valence-corrected chi connectivity index (χ4v) is 1.89. The topological polar surface area (TPSA) is 12.5 Å². The molecule has 1 aliphatic rings. The number of anilines is 1. The van der Waals surface area contributed by atoms with Crippen LogP contribution in [-0.2, 0) is 4.18 Å². The van der Waals surface area contributed by atoms with Crippen LogP contribution in [0.2, 0.25) is 0 Å². The molecule has 3 heteroatoms. The van der Waals surface area contributed by atoms with Gasteiger partial charge in [0.25, 0.3) is 0 Å². The van der Waals surface area contributed by atoms with Crippen molar-refractivity contribution in [1.82, 2.24) is 0 Å². The van der Waals surface area contributed by atoms with Gasteiger partial charge in [-0.2, -0.15) is 0 Å². The smallest absolute Gasteiger partial charge is 0.0902 e. The zero-order chi connectivity index (χ0) is 8.23. The van der Waals surface area contributed by atoms with Crippen molar-refractivity contribution >= 4 is 17.7 Å². The Bertz CT molecular complexity index is 234. The van der Waals surface area contributed by atoms with Gasteiger partial charge in [0.15, 0.2) is 0 Å². The highest BCUT2D eigenvalue weighted by Crippen LogP contribution is 2.20. The summed E-state index contributed by atoms with van der Waals surface area (Å²) >= 11 is 1.52. The number of hydrogen-bond acceptors (Lipinski definition) is 3. The first-order valence-corrected chi connectivity index (χ1v) is 4.92. The standard InChI is InChI=1S/C9H11NOS/c1-2-4-9(5-3-1)10-6-7-11-12-8-10/h1-5H,6-8H2. The van der Waals surface area contributed by atoms with Crippen LogP contribution in [0.1, 0.15) is 0 Å². The van der Waals surface area contributed by atoms with E-state index < -0.39 is 0 Å². The van der Waals surface area contributed by atoms with Gasteiger partial charge >= 0.3 is 0 Å². The molecule has 0 radical (unpaired) electrons. The van der Waals surface area contributed by atoms with Gasteiger partial charge in [-0.05, 0) is 12.1 Å². The Labute approximate surface area is 76.7 Å². The number of rotatable bonds is 1. The fraction of sp³-hybridized carbons (Fsp3) is 0.333. The van der Waals surface area contributed by atoms with Gasteiger partial charge in [0.2, 0.25) is 0 Å². The van der Waals surface area contributed by atoms with Crippen molar-refractivity contribution in [2.75, 3.05) is 23.9 Å². The Hall–Kier alpha value is -0.670. The second kappa shape index (κ2) is 3.83. The molecule has 0 saturated carbocycles. The third kappa shape index (κ3) is 1.73. The van der Waals surface area contributed by atoms with Crippen LogP contribution in [-0.4, -0.2) is 19.0 Å². The molecule has 0 atom stereocenters. The first-order valence-electron chi connectivity index (χ1n) is 4.01. The van der Waals surface area contributed by atoms with Crippen LogP contribution >= 0.6 is 12.0 Å². The fourth-order valence-electron chi connectivity index (χ4n) is 1.21. The molecule has 2 rings (SSSR count). The third-order valence-corrected chi connectivity index (χ3v) is 2.61. The van der Waals surface area contributed by atoms with E-state index in [9.17, 15) is 0 Å². The van der Waals surface area contributed by atoms with E-state index in [0.29, 0.717) is 0 Å². The van der Waals surface area contributed by atoms with Crippen molar-refractivity contribution in [3.05, 3.63) is 30.3 Å². The first-order chi connectivity index (χ1) is 5.97. The molecule has 0 spiro atoms. The zero-order valence-corrected chi connectivity index (χ0v) is 7.59. The van der Waals surface area contributed by atoms with E-state index in [-0.39, 0.29) is 0 Å². The molecule has 0 bridgehead atoms. The number of para-hydroxylation sites is 1. The number of nitrogens with zero attached hydrogens (tertiary/aromatic N) is 1. The van der Waals surface area contributed by atoms with Gasteiger partial charge in [-0.3, -0.25) is 0 Å². The monoisotopic (exact) mass is 181 g/mol. The predicted octanol–water partition coefficient (Wildman–Crippen LogP) is 2.13. The van der Waals surface area contributed by atoms with Gasteiger partial charge in [0.1, 0.15) is 0 Å². The van der Waals surface area contributed by atoms with E-state index >= 15 is 0 Å². The van der Waals surface area contributed by atoms with Crippen molar-refractivity contribution in [2.45, 2.75) is 0 Å². The van der Waals surface area contributed by atoms with E-state index in [1.807, 2.05) is 6.07 Å². The lowest BCUT2D eigenvalue weighted by Crippen LogP contribution is -2.30. The highest BCUT2D eigenvalue weighted by atomic mass is 32.2. The Kier molecular flexibility index (Phi) is 2.54. The van der Waals surface area contributed by atoms with Crippen LogP contribution in [0.15, 0.2) is 30.3 Å². The summed E-state index contributed by atoms with van der Waals surface area (Å²) in [6.07, 6.45) is 0. The van der Waals surface area contributed by atoms with Crippen molar-refractivity contribution < 1.29 is 4.18 Å². The summed E-state index contributed by atoms with van der Waals surface area (Å²) in [7, 11) is 0. The quantitative estimate of drug-likeness (QED) is 0.616. The molecule has 1 aromatic rings. The van der Waals surface area contributed by atoms with Crippen LogP contribution in [0.5, 0.6) is 0 Å². The molecule has 0 amide bonds. The predicted molar refractivity (Wildman–Crippen MR) is 52.2 cm³/mol. The highest BCUT2D eigenvalue weighted by Gasteiger charge is 2.10. The summed E-state index contributed by atoms with van der Waals surface area (Å²) in [5.41, 5.74) is 1.29. The van der Waals surface area contributed by atoms with Crippen LogP contribution < -0.4 is 4.90 Å². The minimum Gasteiger partial charge on any atom is -0.358 e. The summed E-state index contributed by atoms with van der Waals surface area (Å²) in [6, 6.07) is 10.4. The van der Waals surface area contributed by atoms with E-state index in [0.717, 1.165) is 19.0 Å². The number of hydrogen-bond donors (Lipinski definition) is 0. The molecular weight excluding hydrogens is 170 g/mol. The molecule has 1 fully saturated rings. The summed E-state index contributed by atoms with van der Waals surface area (Å²) in [5, 5.41) is 0. The van der Waals surface area contributed by atoms with E-state index in [4.69, 9.17) is 4.18 Å². The molecule has 12 heavy (non-hydrogen) atoms. The maximum Gasteiger partial charge on any atom is 0.0902 e. The molecule has 64 valence electrons. The summed E-state index contributed by atoms with van der Waals surface area (Å²) in [6.45, 7) is 1.82. The van der Waals surface area contributed by atoms with Gasteiger partial charge in [0, 0.05) is 24.3 Å². The Balaban J connectivity index is 2.08. The average molecular weight is 181 g/mol. The van der Waals surface area contributed by atoms with Crippen molar-refractivity contribution in [2.24, 2.45) is 0 Å². The van der Waals surface area contributed by atoms with Crippen LogP contribution in [0.4, 0.5) is 5.69 Å². The Morgan fingerprint density at radius 3 is 2.75 bits per heavy atom. The molecule has 1 saturated heterocycles. The molecular formula is C9H11NOS.